The third-order valence-electron chi connectivity index (χ3n) is 15.1. The van der Waals surface area contributed by atoms with E-state index in [-0.39, 0.29) is 25.7 Å². The second-order valence-electron chi connectivity index (χ2n) is 24.5. The molecule has 0 aliphatic carbocycles. The largest absolute Gasteiger partial charge is 0.472 e. The van der Waals surface area contributed by atoms with E-state index < -0.39 is 97.5 Å². The van der Waals surface area contributed by atoms with E-state index in [0.29, 0.717) is 25.7 Å². The van der Waals surface area contributed by atoms with Crippen molar-refractivity contribution in [2.75, 3.05) is 39.6 Å². The van der Waals surface area contributed by atoms with Gasteiger partial charge in [0.05, 0.1) is 32.8 Å². The third kappa shape index (κ3) is 69.7. The van der Waals surface area contributed by atoms with Crippen LogP contribution in [0, 0.1) is 0 Å². The van der Waals surface area contributed by atoms with Gasteiger partial charge in [-0.15, -0.1) is 0 Å². The first kappa shape index (κ1) is 93.2. The summed E-state index contributed by atoms with van der Waals surface area (Å²) >= 11 is 0. The Kier molecular flexibility index (Phi) is 67.2. The fourth-order valence-electron chi connectivity index (χ4n) is 9.44. The highest BCUT2D eigenvalue weighted by atomic mass is 31.2. The van der Waals surface area contributed by atoms with Gasteiger partial charge in [-0.1, -0.05) is 258 Å². The highest BCUT2D eigenvalue weighted by molar-refractivity contribution is 7.47. The molecule has 0 fully saturated rings. The molecular formula is C79H132O17P2. The summed E-state index contributed by atoms with van der Waals surface area (Å²) in [5.74, 6) is -2.36. The van der Waals surface area contributed by atoms with Crippen molar-refractivity contribution >= 4 is 39.5 Å². The Morgan fingerprint density at radius 3 is 0.949 bits per heavy atom. The molecule has 0 aromatic carbocycles. The normalized spacial score (nSPS) is 14.7. The summed E-state index contributed by atoms with van der Waals surface area (Å²) in [6.07, 6.45) is 77.7. The van der Waals surface area contributed by atoms with Crippen molar-refractivity contribution in [1.82, 2.24) is 0 Å². The molecule has 5 atom stereocenters. The molecule has 0 radical (unpaired) electrons. The molecule has 0 aliphatic rings. The molecule has 0 spiro atoms. The van der Waals surface area contributed by atoms with Gasteiger partial charge in [0.25, 0.3) is 0 Å². The molecule has 5 unspecified atom stereocenters. The van der Waals surface area contributed by atoms with Gasteiger partial charge in [-0.3, -0.25) is 37.3 Å². The summed E-state index contributed by atoms with van der Waals surface area (Å²) < 4.78 is 68.2. The summed E-state index contributed by atoms with van der Waals surface area (Å²) in [5.41, 5.74) is 0. The van der Waals surface area contributed by atoms with Crippen LogP contribution < -0.4 is 0 Å². The lowest BCUT2D eigenvalue weighted by Gasteiger charge is -2.21. The molecule has 19 heteroatoms. The lowest BCUT2D eigenvalue weighted by molar-refractivity contribution is -0.161. The van der Waals surface area contributed by atoms with Gasteiger partial charge in [0.1, 0.15) is 19.3 Å². The molecule has 0 amide bonds. The van der Waals surface area contributed by atoms with E-state index in [0.717, 1.165) is 173 Å². The number of rotatable bonds is 69. The number of allylic oxidation sites excluding steroid dienone is 21. The zero-order valence-corrected chi connectivity index (χ0v) is 62.7. The minimum Gasteiger partial charge on any atom is -0.462 e. The summed E-state index contributed by atoms with van der Waals surface area (Å²) in [5, 5.41) is 10.6. The summed E-state index contributed by atoms with van der Waals surface area (Å²) in [4.78, 5) is 72.7. The van der Waals surface area contributed by atoms with E-state index in [1.54, 1.807) is 6.08 Å². The van der Waals surface area contributed by atoms with Gasteiger partial charge in [0.15, 0.2) is 12.2 Å². The summed E-state index contributed by atoms with van der Waals surface area (Å²) in [6, 6.07) is 0. The fourth-order valence-corrected chi connectivity index (χ4v) is 11.0. The SMILES string of the molecule is CC/C=C\C/C=C\C/C=C\C/C=C\C/C=C\CC(=O)OCC(COP(=O)(O)OCC(O)COP(=O)(O)OCC(COC(=O)CCCCCCCCC/C=C\C/C=C\C/C=C\CC)OC(=O)CCCCCCC/C=C\CCCC)OC(=O)CCCCCCC/C=C\C/C=C\CCCCC. The van der Waals surface area contributed by atoms with Gasteiger partial charge in [-0.05, 0) is 135 Å². The van der Waals surface area contributed by atoms with E-state index in [1.807, 2.05) is 18.2 Å². The van der Waals surface area contributed by atoms with E-state index in [4.69, 9.17) is 37.0 Å². The maximum Gasteiger partial charge on any atom is 0.472 e. The van der Waals surface area contributed by atoms with Gasteiger partial charge < -0.3 is 33.8 Å². The highest BCUT2D eigenvalue weighted by Gasteiger charge is 2.30. The number of phosphoric ester groups is 2. The summed E-state index contributed by atoms with van der Waals surface area (Å²) in [7, 11) is -9.98. The number of unbranched alkanes of at least 4 members (excludes halogenated alkanes) is 22. The molecule has 0 bridgehead atoms. The number of carbonyl (C=O) groups is 4. The Hall–Kier alpha value is -4.80. The minimum atomic E-state index is -5.00. The number of aliphatic hydroxyl groups is 1. The van der Waals surface area contributed by atoms with Crippen molar-refractivity contribution in [3.8, 4) is 0 Å². The Morgan fingerprint density at radius 1 is 0.306 bits per heavy atom. The maximum absolute atomic E-state index is 13.1. The van der Waals surface area contributed by atoms with Crippen molar-refractivity contribution in [1.29, 1.82) is 0 Å². The zero-order chi connectivity index (χ0) is 71.8. The lowest BCUT2D eigenvalue weighted by Crippen LogP contribution is -2.30. The molecule has 0 saturated heterocycles. The summed E-state index contributed by atoms with van der Waals surface area (Å²) in [6.45, 7) is 4.42. The number of esters is 4. The van der Waals surface area contributed by atoms with Crippen LogP contribution in [0.2, 0.25) is 0 Å². The van der Waals surface area contributed by atoms with Crippen molar-refractivity contribution < 1.29 is 80.2 Å². The quantitative estimate of drug-likeness (QED) is 0.0169. The smallest absolute Gasteiger partial charge is 0.462 e. The second-order valence-corrected chi connectivity index (χ2v) is 27.4. The van der Waals surface area contributed by atoms with Crippen LogP contribution in [0.15, 0.2) is 134 Å². The topological polar surface area (TPSA) is 237 Å². The molecule has 0 aromatic rings. The van der Waals surface area contributed by atoms with Gasteiger partial charge in [-0.2, -0.15) is 0 Å². The van der Waals surface area contributed by atoms with Crippen LogP contribution >= 0.6 is 15.6 Å². The van der Waals surface area contributed by atoms with E-state index in [1.165, 1.54) is 32.1 Å². The van der Waals surface area contributed by atoms with Gasteiger partial charge in [0, 0.05) is 19.3 Å². The average Bonchev–Trinajstić information content (AvgIpc) is 0.982. The molecule has 0 heterocycles. The Morgan fingerprint density at radius 2 is 0.582 bits per heavy atom. The first-order chi connectivity index (χ1) is 47.7. The standard InChI is InChI=1S/C79H132O17P2/c1-5-9-13-17-21-25-29-32-35-36-39-41-45-48-52-56-60-64-77(82)89-69-74(95-78(83)65-61-57-53-49-43-28-24-20-16-12-8-4)71-93-97(85,86)91-67-73(80)68-92-98(87,88)94-72-75(96-79(84)66-62-58-54-50-46-42-38-34-31-27-23-19-15-11-7-3)70-90-76(81)63-59-55-51-47-44-40-37-33-30-26-22-18-14-10-6-2/h9-10,13-14,20-27,32-35,37-38,44,47,55,59,73-75,80H,5-8,11-12,15-19,28-31,36,39-43,45-46,48-54,56-58,60-72H2,1-4H3,(H,85,86)(H,87,88)/b13-9-,14-10-,24-20-,25-21-,26-22-,27-23-,35-32-,37-33-,38-34-,47-44-,59-55-. The Balaban J connectivity index is 5.41. The average molecular weight is 1420 g/mol. The monoisotopic (exact) mass is 1410 g/mol. The van der Waals surface area contributed by atoms with Crippen molar-refractivity contribution in [2.45, 2.75) is 303 Å². The highest BCUT2D eigenvalue weighted by Crippen LogP contribution is 2.45. The van der Waals surface area contributed by atoms with Crippen LogP contribution in [0.5, 0.6) is 0 Å². The van der Waals surface area contributed by atoms with Crippen molar-refractivity contribution in [3.05, 3.63) is 134 Å². The second kappa shape index (κ2) is 70.6. The molecule has 0 aromatic heterocycles. The van der Waals surface area contributed by atoms with E-state index in [9.17, 15) is 43.2 Å². The predicted octanol–water partition coefficient (Wildman–Crippen LogP) is 21.3. The van der Waals surface area contributed by atoms with Crippen molar-refractivity contribution in [3.63, 3.8) is 0 Å². The zero-order valence-electron chi connectivity index (χ0n) is 60.9. The van der Waals surface area contributed by atoms with Crippen LogP contribution in [0.3, 0.4) is 0 Å². The first-order valence-electron chi connectivity index (χ1n) is 37.4. The number of ether oxygens (including phenoxy) is 4. The van der Waals surface area contributed by atoms with Crippen LogP contribution in [0.25, 0.3) is 0 Å². The third-order valence-corrected chi connectivity index (χ3v) is 17.0. The number of aliphatic hydroxyl groups excluding tert-OH is 1. The van der Waals surface area contributed by atoms with E-state index in [2.05, 4.69) is 137 Å². The van der Waals surface area contributed by atoms with E-state index >= 15 is 0 Å². The lowest BCUT2D eigenvalue weighted by atomic mass is 10.1. The Bertz CT molecular complexity index is 2380. The van der Waals surface area contributed by atoms with Crippen LogP contribution in [-0.4, -0.2) is 96.7 Å². The van der Waals surface area contributed by atoms with Crippen LogP contribution in [0.1, 0.15) is 285 Å². The van der Waals surface area contributed by atoms with Crippen molar-refractivity contribution in [2.24, 2.45) is 0 Å². The van der Waals surface area contributed by atoms with Crippen LogP contribution in [0.4, 0.5) is 0 Å². The van der Waals surface area contributed by atoms with Crippen LogP contribution in [-0.2, 0) is 65.4 Å². The molecule has 0 saturated carbocycles. The molecule has 17 nitrogen and oxygen atoms in total. The predicted molar refractivity (Wildman–Crippen MR) is 399 cm³/mol. The van der Waals surface area contributed by atoms with Gasteiger partial charge >= 0.3 is 39.5 Å². The molecule has 0 aliphatic heterocycles. The minimum absolute atomic E-state index is 0.0565. The number of phosphoric acid groups is 2. The first-order valence-corrected chi connectivity index (χ1v) is 40.4. The molecular weight excluding hydrogens is 1280 g/mol. The number of hydrogen-bond donors (Lipinski definition) is 3. The van der Waals surface area contributed by atoms with Gasteiger partial charge in [-0.25, -0.2) is 9.13 Å². The number of carbonyl (C=O) groups excluding carboxylic acids is 4. The maximum atomic E-state index is 13.1. The Labute approximate surface area is 593 Å². The molecule has 98 heavy (non-hydrogen) atoms. The number of hydrogen-bond acceptors (Lipinski definition) is 15. The molecule has 560 valence electrons. The molecule has 3 N–H and O–H groups in total. The molecule has 0 rings (SSSR count). The fraction of sp³-hybridized carbons (Fsp3) is 0.671. The van der Waals surface area contributed by atoms with Gasteiger partial charge in [0.2, 0.25) is 0 Å².